The highest BCUT2D eigenvalue weighted by Gasteiger charge is 2.41. The Balaban J connectivity index is 1.60. The van der Waals surface area contributed by atoms with Crippen molar-refractivity contribution in [2.45, 2.75) is 42.5 Å². The van der Waals surface area contributed by atoms with E-state index in [2.05, 4.69) is 16.9 Å². The van der Waals surface area contributed by atoms with Crippen LogP contribution < -0.4 is 4.72 Å². The Hall–Kier alpha value is -0.920. The summed E-state index contributed by atoms with van der Waals surface area (Å²) in [7, 11) is -3.54. The summed E-state index contributed by atoms with van der Waals surface area (Å²) in [5.74, 6) is 0.613. The van der Waals surface area contributed by atoms with Gasteiger partial charge in [0.1, 0.15) is 4.21 Å². The van der Waals surface area contributed by atoms with Crippen LogP contribution in [0.5, 0.6) is 0 Å². The van der Waals surface area contributed by atoms with Gasteiger partial charge in [-0.3, -0.25) is 0 Å². The van der Waals surface area contributed by atoms with Crippen LogP contribution in [-0.4, -0.2) is 19.6 Å². The van der Waals surface area contributed by atoms with Crippen LogP contribution in [-0.2, 0) is 29.5 Å². The van der Waals surface area contributed by atoms with Crippen LogP contribution in [0.2, 0.25) is 4.34 Å². The van der Waals surface area contributed by atoms with Gasteiger partial charge in [-0.25, -0.2) is 13.1 Å². The van der Waals surface area contributed by atoms with E-state index in [1.165, 1.54) is 11.1 Å². The molecule has 7 heteroatoms. The Morgan fingerprint density at radius 1 is 1.12 bits per heavy atom. The van der Waals surface area contributed by atoms with Gasteiger partial charge in [-0.1, -0.05) is 29.8 Å². The molecule has 0 saturated heterocycles. The first-order chi connectivity index (χ1) is 12.0. The predicted octanol–water partition coefficient (Wildman–Crippen LogP) is 3.37. The second-order valence-electron chi connectivity index (χ2n) is 6.97. The van der Waals surface area contributed by atoms with Gasteiger partial charge in [-0.05, 0) is 66.3 Å². The highest BCUT2D eigenvalue weighted by molar-refractivity contribution is 7.91. The highest BCUT2D eigenvalue weighted by atomic mass is 35.5. The Labute approximate surface area is 156 Å². The number of rotatable bonds is 4. The molecule has 0 radical (unpaired) electrons. The van der Waals surface area contributed by atoms with Gasteiger partial charge in [0.25, 0.3) is 0 Å². The van der Waals surface area contributed by atoms with Crippen molar-refractivity contribution in [2.24, 2.45) is 11.8 Å². The SMILES string of the molecule is O=S(=O)(NC1C2CCC1Cc1cc(CO)ccc1C2)c1ccc(Cl)s1. The average molecular weight is 398 g/mol. The molecule has 1 fully saturated rings. The Kier molecular flexibility index (Phi) is 4.67. The summed E-state index contributed by atoms with van der Waals surface area (Å²) in [6.07, 6.45) is 3.82. The summed E-state index contributed by atoms with van der Waals surface area (Å²) in [6.45, 7) is 0.0383. The molecule has 2 aliphatic carbocycles. The molecule has 2 aromatic rings. The third kappa shape index (κ3) is 3.38. The zero-order valence-corrected chi connectivity index (χ0v) is 16.0. The van der Waals surface area contributed by atoms with Gasteiger partial charge in [0.05, 0.1) is 10.9 Å². The first-order valence-corrected chi connectivity index (χ1v) is 11.1. The number of hydrogen-bond acceptors (Lipinski definition) is 4. The smallest absolute Gasteiger partial charge is 0.250 e. The van der Waals surface area contributed by atoms with Crippen molar-refractivity contribution in [1.82, 2.24) is 4.72 Å². The van der Waals surface area contributed by atoms with E-state index in [0.717, 1.165) is 42.6 Å². The summed E-state index contributed by atoms with van der Waals surface area (Å²) < 4.78 is 29.2. The van der Waals surface area contributed by atoms with E-state index in [-0.39, 0.29) is 16.9 Å². The first-order valence-electron chi connectivity index (χ1n) is 8.45. The number of fused-ring (bicyclic) bond motifs is 3. The quantitative estimate of drug-likeness (QED) is 0.831. The molecule has 2 N–H and O–H groups in total. The van der Waals surface area contributed by atoms with Crippen molar-refractivity contribution in [3.05, 3.63) is 51.4 Å². The van der Waals surface area contributed by atoms with Crippen molar-refractivity contribution < 1.29 is 13.5 Å². The van der Waals surface area contributed by atoms with Crippen LogP contribution in [0.15, 0.2) is 34.5 Å². The van der Waals surface area contributed by atoms with Gasteiger partial charge in [0.15, 0.2) is 0 Å². The molecule has 1 saturated carbocycles. The lowest BCUT2D eigenvalue weighted by Crippen LogP contribution is -2.41. The average Bonchev–Trinajstić information content (AvgIpc) is 3.12. The van der Waals surface area contributed by atoms with E-state index in [0.29, 0.717) is 16.2 Å². The van der Waals surface area contributed by atoms with Crippen LogP contribution in [0.25, 0.3) is 0 Å². The minimum atomic E-state index is -3.54. The standard InChI is InChI=1S/C18H20ClNO3S2/c19-16-5-6-17(24-16)25(22,23)20-18-13-3-4-14(18)9-15-7-11(10-21)1-2-12(15)8-13/h1-2,5-7,13-14,18,20-21H,3-4,8-10H2. The Morgan fingerprint density at radius 3 is 2.48 bits per heavy atom. The third-order valence-corrected chi connectivity index (χ3v) is 8.63. The fourth-order valence-electron chi connectivity index (χ4n) is 4.23. The van der Waals surface area contributed by atoms with Gasteiger partial charge >= 0.3 is 0 Å². The molecule has 1 aromatic carbocycles. The summed E-state index contributed by atoms with van der Waals surface area (Å²) in [5.41, 5.74) is 3.46. The van der Waals surface area contributed by atoms with Crippen molar-refractivity contribution in [2.75, 3.05) is 0 Å². The fraction of sp³-hybridized carbons (Fsp3) is 0.444. The molecule has 2 aliphatic rings. The highest BCUT2D eigenvalue weighted by Crippen LogP contribution is 2.41. The number of benzene rings is 1. The van der Waals surface area contributed by atoms with Gasteiger partial charge in [-0.15, -0.1) is 11.3 Å². The first kappa shape index (κ1) is 17.5. The molecule has 2 bridgehead atoms. The van der Waals surface area contributed by atoms with E-state index < -0.39 is 10.0 Å². The second kappa shape index (κ2) is 6.67. The summed E-state index contributed by atoms with van der Waals surface area (Å²) in [4.78, 5) is 0. The lowest BCUT2D eigenvalue weighted by molar-refractivity contribution is 0.281. The van der Waals surface area contributed by atoms with Gasteiger partial charge in [-0.2, -0.15) is 0 Å². The maximum Gasteiger partial charge on any atom is 0.250 e. The minimum absolute atomic E-state index is 0.0383. The number of halogens is 1. The van der Waals surface area contributed by atoms with Crippen molar-refractivity contribution in [3.63, 3.8) is 0 Å². The summed E-state index contributed by atoms with van der Waals surface area (Å²) in [6, 6.07) is 9.26. The van der Waals surface area contributed by atoms with Crippen molar-refractivity contribution in [1.29, 1.82) is 0 Å². The van der Waals surface area contributed by atoms with E-state index >= 15 is 0 Å². The lowest BCUT2D eigenvalue weighted by atomic mass is 9.92. The van der Waals surface area contributed by atoms with Crippen LogP contribution >= 0.6 is 22.9 Å². The van der Waals surface area contributed by atoms with E-state index in [4.69, 9.17) is 11.6 Å². The summed E-state index contributed by atoms with van der Waals surface area (Å²) in [5, 5.41) is 9.37. The second-order valence-corrected chi connectivity index (χ2v) is 10.6. The van der Waals surface area contributed by atoms with Crippen LogP contribution in [0, 0.1) is 11.8 Å². The van der Waals surface area contributed by atoms with E-state index in [9.17, 15) is 13.5 Å². The van der Waals surface area contributed by atoms with Crippen molar-refractivity contribution >= 4 is 33.0 Å². The number of nitrogens with one attached hydrogen (secondary N) is 1. The van der Waals surface area contributed by atoms with Crippen LogP contribution in [0.4, 0.5) is 0 Å². The fourth-order valence-corrected chi connectivity index (χ4v) is 7.11. The molecule has 0 amide bonds. The Morgan fingerprint density at radius 2 is 1.84 bits per heavy atom. The molecule has 3 unspecified atom stereocenters. The largest absolute Gasteiger partial charge is 0.392 e. The Bertz CT molecular complexity index is 893. The maximum atomic E-state index is 12.7. The number of aliphatic hydroxyl groups excluding tert-OH is 1. The number of hydrogen-bond donors (Lipinski definition) is 2. The molecular formula is C18H20ClNO3S2. The predicted molar refractivity (Wildman–Crippen MR) is 99.4 cm³/mol. The molecular weight excluding hydrogens is 378 g/mol. The minimum Gasteiger partial charge on any atom is -0.392 e. The zero-order valence-electron chi connectivity index (χ0n) is 13.6. The molecule has 4 nitrogen and oxygen atoms in total. The van der Waals surface area contributed by atoms with Crippen molar-refractivity contribution in [3.8, 4) is 0 Å². The van der Waals surface area contributed by atoms with Gasteiger partial charge in [0.2, 0.25) is 10.0 Å². The number of thiophene rings is 1. The van der Waals surface area contributed by atoms with Gasteiger partial charge < -0.3 is 5.11 Å². The molecule has 25 heavy (non-hydrogen) atoms. The molecule has 134 valence electrons. The van der Waals surface area contributed by atoms with Crippen LogP contribution in [0.3, 0.4) is 0 Å². The lowest BCUT2D eigenvalue weighted by Gasteiger charge is -2.23. The zero-order chi connectivity index (χ0) is 17.6. The normalized spacial score (nSPS) is 25.6. The molecule has 1 aromatic heterocycles. The maximum absolute atomic E-state index is 12.7. The van der Waals surface area contributed by atoms with E-state index in [1.54, 1.807) is 12.1 Å². The number of sulfonamides is 1. The number of aliphatic hydroxyl groups is 1. The molecule has 1 heterocycles. The third-order valence-electron chi connectivity index (χ3n) is 5.45. The van der Waals surface area contributed by atoms with E-state index in [1.807, 2.05) is 6.07 Å². The molecule has 0 aliphatic heterocycles. The van der Waals surface area contributed by atoms with Gasteiger partial charge in [0, 0.05) is 6.04 Å². The van der Waals surface area contributed by atoms with Crippen LogP contribution in [0.1, 0.15) is 29.5 Å². The molecule has 0 spiro atoms. The molecule has 3 atom stereocenters. The molecule has 4 rings (SSSR count). The summed E-state index contributed by atoms with van der Waals surface area (Å²) >= 11 is 6.99. The monoisotopic (exact) mass is 397 g/mol. The topological polar surface area (TPSA) is 66.4 Å².